The Morgan fingerprint density at radius 3 is 2.62 bits per heavy atom. The monoisotopic (exact) mass is 287 g/mol. The summed E-state index contributed by atoms with van der Waals surface area (Å²) in [5.74, 6) is 1.57. The van der Waals surface area contributed by atoms with Crippen LogP contribution in [0.3, 0.4) is 0 Å². The molecule has 0 aliphatic rings. The molecule has 0 aliphatic heterocycles. The standard InChI is InChI=1S/C17H21NO3/c1-20-17-9-8-14(12-16(17)19)13-18-10-5-11-21-15-6-3-2-4-7-15/h2-4,6-9,12,18-19H,5,10-11,13H2,1H3. The lowest BCUT2D eigenvalue weighted by atomic mass is 10.2. The van der Waals surface area contributed by atoms with E-state index < -0.39 is 0 Å². The number of ether oxygens (including phenoxy) is 2. The Hall–Kier alpha value is -2.20. The summed E-state index contributed by atoms with van der Waals surface area (Å²) in [6, 6.07) is 15.2. The van der Waals surface area contributed by atoms with E-state index >= 15 is 0 Å². The zero-order valence-corrected chi connectivity index (χ0v) is 12.2. The lowest BCUT2D eigenvalue weighted by molar-refractivity contribution is 0.308. The lowest BCUT2D eigenvalue weighted by Crippen LogP contribution is -2.17. The molecule has 0 aliphatic carbocycles. The van der Waals surface area contributed by atoms with E-state index in [1.807, 2.05) is 36.4 Å². The van der Waals surface area contributed by atoms with Crippen molar-refractivity contribution in [1.82, 2.24) is 5.32 Å². The van der Waals surface area contributed by atoms with Gasteiger partial charge in [0.15, 0.2) is 11.5 Å². The van der Waals surface area contributed by atoms with E-state index in [1.165, 1.54) is 0 Å². The maximum Gasteiger partial charge on any atom is 0.160 e. The Morgan fingerprint density at radius 1 is 1.10 bits per heavy atom. The highest BCUT2D eigenvalue weighted by Crippen LogP contribution is 2.25. The van der Waals surface area contributed by atoms with E-state index in [0.29, 0.717) is 18.9 Å². The van der Waals surface area contributed by atoms with Gasteiger partial charge < -0.3 is 19.9 Å². The van der Waals surface area contributed by atoms with Crippen molar-refractivity contribution in [3.05, 3.63) is 54.1 Å². The van der Waals surface area contributed by atoms with Crippen molar-refractivity contribution < 1.29 is 14.6 Å². The number of methoxy groups -OCH3 is 1. The first-order valence-corrected chi connectivity index (χ1v) is 7.04. The summed E-state index contributed by atoms with van der Waals surface area (Å²) in [7, 11) is 1.54. The first kappa shape index (κ1) is 15.2. The van der Waals surface area contributed by atoms with Gasteiger partial charge in [-0.3, -0.25) is 0 Å². The van der Waals surface area contributed by atoms with Crippen molar-refractivity contribution in [1.29, 1.82) is 0 Å². The van der Waals surface area contributed by atoms with Gasteiger partial charge in [0.25, 0.3) is 0 Å². The summed E-state index contributed by atoms with van der Waals surface area (Å²) in [6.07, 6.45) is 0.928. The molecule has 0 atom stereocenters. The van der Waals surface area contributed by atoms with E-state index in [-0.39, 0.29) is 5.75 Å². The minimum absolute atomic E-state index is 0.171. The van der Waals surface area contributed by atoms with Gasteiger partial charge in [-0.2, -0.15) is 0 Å². The highest BCUT2D eigenvalue weighted by molar-refractivity contribution is 5.41. The van der Waals surface area contributed by atoms with E-state index in [9.17, 15) is 5.11 Å². The Kier molecular flexibility index (Phi) is 5.91. The maximum atomic E-state index is 9.69. The number of rotatable bonds is 8. The molecule has 0 fully saturated rings. The average Bonchev–Trinajstić information content (AvgIpc) is 2.52. The van der Waals surface area contributed by atoms with Crippen LogP contribution in [-0.4, -0.2) is 25.4 Å². The number of phenolic OH excluding ortho intramolecular Hbond substituents is 1. The fourth-order valence-electron chi connectivity index (χ4n) is 1.98. The molecule has 2 aromatic carbocycles. The average molecular weight is 287 g/mol. The zero-order valence-electron chi connectivity index (χ0n) is 12.2. The van der Waals surface area contributed by atoms with Crippen LogP contribution in [0.5, 0.6) is 17.2 Å². The highest BCUT2D eigenvalue weighted by Gasteiger charge is 2.02. The SMILES string of the molecule is COc1ccc(CNCCCOc2ccccc2)cc1O. The second-order valence-electron chi connectivity index (χ2n) is 4.70. The van der Waals surface area contributed by atoms with Crippen molar-refractivity contribution in [3.8, 4) is 17.2 Å². The van der Waals surface area contributed by atoms with E-state index in [2.05, 4.69) is 5.32 Å². The number of hydrogen-bond acceptors (Lipinski definition) is 4. The van der Waals surface area contributed by atoms with Gasteiger partial charge in [-0.15, -0.1) is 0 Å². The molecule has 0 spiro atoms. The van der Waals surface area contributed by atoms with Crippen LogP contribution in [0.15, 0.2) is 48.5 Å². The molecule has 0 aromatic heterocycles. The van der Waals surface area contributed by atoms with Crippen LogP contribution in [0.2, 0.25) is 0 Å². The van der Waals surface area contributed by atoms with Crippen molar-refractivity contribution >= 4 is 0 Å². The van der Waals surface area contributed by atoms with Crippen LogP contribution in [0.4, 0.5) is 0 Å². The molecule has 2 N–H and O–H groups in total. The second kappa shape index (κ2) is 8.17. The maximum absolute atomic E-state index is 9.69. The predicted molar refractivity (Wildman–Crippen MR) is 82.9 cm³/mol. The molecule has 2 aromatic rings. The number of benzene rings is 2. The number of hydrogen-bond donors (Lipinski definition) is 2. The quantitative estimate of drug-likeness (QED) is 0.733. The van der Waals surface area contributed by atoms with E-state index in [1.54, 1.807) is 19.2 Å². The minimum Gasteiger partial charge on any atom is -0.504 e. The molecular weight excluding hydrogens is 266 g/mol. The van der Waals surface area contributed by atoms with Crippen LogP contribution in [0, 0.1) is 0 Å². The van der Waals surface area contributed by atoms with Gasteiger partial charge in [0.2, 0.25) is 0 Å². The summed E-state index contributed by atoms with van der Waals surface area (Å²) < 4.78 is 10.6. The number of nitrogens with one attached hydrogen (secondary N) is 1. The molecule has 21 heavy (non-hydrogen) atoms. The van der Waals surface area contributed by atoms with Crippen LogP contribution in [0.1, 0.15) is 12.0 Å². The third-order valence-electron chi connectivity index (χ3n) is 3.08. The largest absolute Gasteiger partial charge is 0.504 e. The highest BCUT2D eigenvalue weighted by atomic mass is 16.5. The van der Waals surface area contributed by atoms with Gasteiger partial charge in [0, 0.05) is 6.54 Å². The van der Waals surface area contributed by atoms with Gasteiger partial charge in [0.1, 0.15) is 5.75 Å². The van der Waals surface area contributed by atoms with Crippen molar-refractivity contribution in [2.45, 2.75) is 13.0 Å². The second-order valence-corrected chi connectivity index (χ2v) is 4.70. The fourth-order valence-corrected chi connectivity index (χ4v) is 1.98. The summed E-state index contributed by atoms with van der Waals surface area (Å²) in [5.41, 5.74) is 1.03. The molecule has 0 heterocycles. The third kappa shape index (κ3) is 5.00. The predicted octanol–water partition coefficient (Wildman–Crippen LogP) is 2.96. The zero-order chi connectivity index (χ0) is 14.9. The Balaban J connectivity index is 1.62. The van der Waals surface area contributed by atoms with Crippen molar-refractivity contribution in [2.24, 2.45) is 0 Å². The van der Waals surface area contributed by atoms with Crippen molar-refractivity contribution in [3.63, 3.8) is 0 Å². The summed E-state index contributed by atoms with van der Waals surface area (Å²) in [4.78, 5) is 0. The normalized spacial score (nSPS) is 10.3. The van der Waals surface area contributed by atoms with Crippen LogP contribution >= 0.6 is 0 Å². The summed E-state index contributed by atoms with van der Waals surface area (Å²) in [5, 5.41) is 13.0. The van der Waals surface area contributed by atoms with E-state index in [0.717, 1.165) is 24.3 Å². The molecule has 0 amide bonds. The smallest absolute Gasteiger partial charge is 0.160 e. The fraction of sp³-hybridized carbons (Fsp3) is 0.294. The van der Waals surface area contributed by atoms with Gasteiger partial charge in [-0.1, -0.05) is 24.3 Å². The molecule has 0 radical (unpaired) electrons. The first-order valence-electron chi connectivity index (χ1n) is 7.04. The molecular formula is C17H21NO3. The van der Waals surface area contributed by atoms with Crippen LogP contribution in [-0.2, 0) is 6.54 Å². The first-order chi connectivity index (χ1) is 10.3. The molecule has 4 nitrogen and oxygen atoms in total. The number of aromatic hydroxyl groups is 1. The lowest BCUT2D eigenvalue weighted by Gasteiger charge is -2.08. The molecule has 0 saturated carbocycles. The van der Waals surface area contributed by atoms with E-state index in [4.69, 9.17) is 9.47 Å². The molecule has 0 bridgehead atoms. The molecule has 2 rings (SSSR count). The molecule has 0 saturated heterocycles. The Labute approximate surface area is 125 Å². The number of phenols is 1. The van der Waals surface area contributed by atoms with Crippen LogP contribution in [0.25, 0.3) is 0 Å². The van der Waals surface area contributed by atoms with Crippen molar-refractivity contribution in [2.75, 3.05) is 20.3 Å². The van der Waals surface area contributed by atoms with Crippen LogP contribution < -0.4 is 14.8 Å². The summed E-state index contributed by atoms with van der Waals surface area (Å²) in [6.45, 7) is 2.26. The van der Waals surface area contributed by atoms with Gasteiger partial charge >= 0.3 is 0 Å². The summed E-state index contributed by atoms with van der Waals surface area (Å²) >= 11 is 0. The molecule has 0 unspecified atom stereocenters. The topological polar surface area (TPSA) is 50.7 Å². The third-order valence-corrected chi connectivity index (χ3v) is 3.08. The van der Waals surface area contributed by atoms with Gasteiger partial charge in [0.05, 0.1) is 13.7 Å². The van der Waals surface area contributed by atoms with Gasteiger partial charge in [-0.05, 0) is 42.8 Å². The molecule has 112 valence electrons. The minimum atomic E-state index is 0.171. The molecule has 4 heteroatoms. The Bertz CT molecular complexity index is 543. The Morgan fingerprint density at radius 2 is 1.90 bits per heavy atom. The number of para-hydroxylation sites is 1. The van der Waals surface area contributed by atoms with Gasteiger partial charge in [-0.25, -0.2) is 0 Å².